The first-order chi connectivity index (χ1) is 7.02. The van der Waals surface area contributed by atoms with E-state index in [1.807, 2.05) is 13.8 Å². The number of amides is 2. The van der Waals surface area contributed by atoms with Crippen molar-refractivity contribution >= 4 is 6.03 Å². The maximum atomic E-state index is 11.1. The highest BCUT2D eigenvalue weighted by Crippen LogP contribution is 1.92. The Hall–Kier alpha value is -0.770. The fraction of sp³-hybridized carbons (Fsp3) is 0.909. The molecule has 0 saturated carbocycles. The van der Waals surface area contributed by atoms with Crippen LogP contribution in [0.4, 0.5) is 4.79 Å². The number of carbonyl (C=O) groups excluding carboxylic acids is 1. The highest BCUT2D eigenvalue weighted by Gasteiger charge is 2.00. The van der Waals surface area contributed by atoms with Crippen LogP contribution in [0.15, 0.2) is 0 Å². The molecular weight excluding hydrogens is 192 g/mol. The largest absolute Gasteiger partial charge is 0.381 e. The third-order valence-corrected chi connectivity index (χ3v) is 1.62. The fourth-order valence-corrected chi connectivity index (χ4v) is 1.01. The third-order valence-electron chi connectivity index (χ3n) is 1.62. The Morgan fingerprint density at radius 1 is 1.27 bits per heavy atom. The number of hydrogen-bond acceptors (Lipinski definition) is 2. The van der Waals surface area contributed by atoms with Gasteiger partial charge in [0, 0.05) is 25.8 Å². The van der Waals surface area contributed by atoms with Gasteiger partial charge in [-0.15, -0.1) is 0 Å². The first-order valence-electron chi connectivity index (χ1n) is 5.64. The van der Waals surface area contributed by atoms with E-state index in [0.29, 0.717) is 19.1 Å². The average molecular weight is 216 g/mol. The Morgan fingerprint density at radius 3 is 2.47 bits per heavy atom. The van der Waals surface area contributed by atoms with E-state index in [-0.39, 0.29) is 12.1 Å². The highest BCUT2D eigenvalue weighted by atomic mass is 16.5. The third kappa shape index (κ3) is 11.2. The van der Waals surface area contributed by atoms with Crippen LogP contribution in [0.3, 0.4) is 0 Å². The van der Waals surface area contributed by atoms with Crippen molar-refractivity contribution in [3.05, 3.63) is 0 Å². The maximum Gasteiger partial charge on any atom is 0.314 e. The molecule has 0 heterocycles. The van der Waals surface area contributed by atoms with Crippen molar-refractivity contribution in [2.24, 2.45) is 5.92 Å². The molecule has 2 amide bonds. The zero-order valence-corrected chi connectivity index (χ0v) is 10.3. The van der Waals surface area contributed by atoms with Crippen LogP contribution in [-0.4, -0.2) is 31.8 Å². The monoisotopic (exact) mass is 216 g/mol. The van der Waals surface area contributed by atoms with Crippen LogP contribution in [0, 0.1) is 5.92 Å². The van der Waals surface area contributed by atoms with Crippen LogP contribution in [0.1, 0.15) is 34.1 Å². The van der Waals surface area contributed by atoms with Gasteiger partial charge in [0.05, 0.1) is 0 Å². The Balaban J connectivity index is 3.20. The molecule has 15 heavy (non-hydrogen) atoms. The number of rotatable bonds is 7. The molecule has 0 radical (unpaired) electrons. The van der Waals surface area contributed by atoms with E-state index in [9.17, 15) is 4.79 Å². The van der Waals surface area contributed by atoms with Gasteiger partial charge in [-0.25, -0.2) is 4.79 Å². The van der Waals surface area contributed by atoms with Gasteiger partial charge >= 0.3 is 6.03 Å². The molecular formula is C11H24N2O2. The first-order valence-corrected chi connectivity index (χ1v) is 5.64. The second-order valence-corrected chi connectivity index (χ2v) is 4.38. The molecule has 4 heteroatoms. The van der Waals surface area contributed by atoms with Crippen molar-refractivity contribution in [3.8, 4) is 0 Å². The van der Waals surface area contributed by atoms with Crippen molar-refractivity contribution in [2.45, 2.75) is 40.2 Å². The van der Waals surface area contributed by atoms with Gasteiger partial charge in [0.15, 0.2) is 0 Å². The minimum atomic E-state index is -0.103. The highest BCUT2D eigenvalue weighted by molar-refractivity contribution is 5.73. The van der Waals surface area contributed by atoms with Crippen LogP contribution >= 0.6 is 0 Å². The summed E-state index contributed by atoms with van der Waals surface area (Å²) in [6.07, 6.45) is 0.859. The second kappa shape index (κ2) is 8.53. The predicted molar refractivity (Wildman–Crippen MR) is 61.9 cm³/mol. The second-order valence-electron chi connectivity index (χ2n) is 4.38. The van der Waals surface area contributed by atoms with Crippen molar-refractivity contribution in [2.75, 3.05) is 19.8 Å². The quantitative estimate of drug-likeness (QED) is 0.637. The summed E-state index contributed by atoms with van der Waals surface area (Å²) in [6, 6.07) is 0.0797. The van der Waals surface area contributed by atoms with E-state index in [1.165, 1.54) is 0 Å². The molecule has 0 aliphatic carbocycles. The molecule has 0 bridgehead atoms. The summed E-state index contributed by atoms with van der Waals surface area (Å²) in [4.78, 5) is 11.1. The van der Waals surface area contributed by atoms with Crippen LogP contribution in [0.25, 0.3) is 0 Å². The fourth-order valence-electron chi connectivity index (χ4n) is 1.01. The lowest BCUT2D eigenvalue weighted by molar-refractivity contribution is 0.108. The minimum absolute atomic E-state index is 0.103. The van der Waals surface area contributed by atoms with Gasteiger partial charge in [-0.2, -0.15) is 0 Å². The van der Waals surface area contributed by atoms with Crippen molar-refractivity contribution < 1.29 is 9.53 Å². The Bertz CT molecular complexity index is 170. The predicted octanol–water partition coefficient (Wildman–Crippen LogP) is 1.76. The number of urea groups is 1. The molecule has 0 spiro atoms. The maximum absolute atomic E-state index is 11.1. The van der Waals surface area contributed by atoms with E-state index in [4.69, 9.17) is 4.74 Å². The molecule has 0 rings (SSSR count). The lowest BCUT2D eigenvalue weighted by atomic mass is 10.2. The molecule has 0 atom stereocenters. The number of ether oxygens (including phenoxy) is 1. The average Bonchev–Trinajstić information content (AvgIpc) is 2.09. The number of hydrogen-bond donors (Lipinski definition) is 2. The number of carbonyl (C=O) groups is 1. The topological polar surface area (TPSA) is 50.4 Å². The molecule has 0 saturated heterocycles. The van der Waals surface area contributed by atoms with Crippen molar-refractivity contribution in [1.29, 1.82) is 0 Å². The Kier molecular flexibility index (Phi) is 8.09. The van der Waals surface area contributed by atoms with Gasteiger partial charge in [0.2, 0.25) is 0 Å². The molecule has 0 aliphatic rings. The summed E-state index contributed by atoms with van der Waals surface area (Å²) in [6.45, 7) is 10.3. The van der Waals surface area contributed by atoms with Crippen LogP contribution in [-0.2, 0) is 4.74 Å². The summed E-state index contributed by atoms with van der Waals surface area (Å²) < 4.78 is 5.39. The molecule has 0 aliphatic heterocycles. The molecule has 4 nitrogen and oxygen atoms in total. The SMILES string of the molecule is CC(C)COCCCNC(=O)NC(C)C. The van der Waals surface area contributed by atoms with Gasteiger partial charge in [0.1, 0.15) is 0 Å². The summed E-state index contributed by atoms with van der Waals surface area (Å²) in [5, 5.41) is 5.53. The van der Waals surface area contributed by atoms with Gasteiger partial charge in [-0.05, 0) is 26.2 Å². The lowest BCUT2D eigenvalue weighted by Crippen LogP contribution is -2.40. The van der Waals surface area contributed by atoms with E-state index < -0.39 is 0 Å². The molecule has 2 N–H and O–H groups in total. The summed E-state index contributed by atoms with van der Waals surface area (Å²) >= 11 is 0. The van der Waals surface area contributed by atoms with Crippen LogP contribution in [0.2, 0.25) is 0 Å². The van der Waals surface area contributed by atoms with Gasteiger partial charge in [-0.3, -0.25) is 0 Å². The van der Waals surface area contributed by atoms with Gasteiger partial charge in [-0.1, -0.05) is 13.8 Å². The van der Waals surface area contributed by atoms with Crippen molar-refractivity contribution in [1.82, 2.24) is 10.6 Å². The summed E-state index contributed by atoms with van der Waals surface area (Å²) in [7, 11) is 0. The van der Waals surface area contributed by atoms with Gasteiger partial charge < -0.3 is 15.4 Å². The zero-order chi connectivity index (χ0) is 11.7. The van der Waals surface area contributed by atoms with E-state index in [0.717, 1.165) is 13.0 Å². The summed E-state index contributed by atoms with van der Waals surface area (Å²) in [5.74, 6) is 0.571. The van der Waals surface area contributed by atoms with E-state index in [2.05, 4.69) is 24.5 Å². The molecule has 0 unspecified atom stereocenters. The van der Waals surface area contributed by atoms with E-state index in [1.54, 1.807) is 0 Å². The standard InChI is InChI=1S/C11H24N2O2/c1-9(2)8-15-7-5-6-12-11(14)13-10(3)4/h9-10H,5-8H2,1-4H3,(H2,12,13,14). The Labute approximate surface area is 92.8 Å². The molecule has 0 aromatic rings. The summed E-state index contributed by atoms with van der Waals surface area (Å²) in [5.41, 5.74) is 0. The normalized spacial score (nSPS) is 10.8. The van der Waals surface area contributed by atoms with Gasteiger partial charge in [0.25, 0.3) is 0 Å². The molecule has 0 aromatic heterocycles. The minimum Gasteiger partial charge on any atom is -0.381 e. The van der Waals surface area contributed by atoms with Crippen molar-refractivity contribution in [3.63, 3.8) is 0 Å². The smallest absolute Gasteiger partial charge is 0.314 e. The Morgan fingerprint density at radius 2 is 1.93 bits per heavy atom. The van der Waals surface area contributed by atoms with Crippen LogP contribution in [0.5, 0.6) is 0 Å². The lowest BCUT2D eigenvalue weighted by Gasteiger charge is -2.10. The zero-order valence-electron chi connectivity index (χ0n) is 10.3. The number of nitrogens with one attached hydrogen (secondary N) is 2. The molecule has 0 aromatic carbocycles. The molecule has 90 valence electrons. The molecule has 0 fully saturated rings. The van der Waals surface area contributed by atoms with E-state index >= 15 is 0 Å². The van der Waals surface area contributed by atoms with Crippen LogP contribution < -0.4 is 10.6 Å². The first kappa shape index (κ1) is 14.2.